The summed E-state index contributed by atoms with van der Waals surface area (Å²) in [7, 11) is 0. The maximum Gasteiger partial charge on any atom is 0.224 e. The van der Waals surface area contributed by atoms with Crippen LogP contribution in [-0.2, 0) is 17.6 Å². The van der Waals surface area contributed by atoms with Crippen molar-refractivity contribution in [1.29, 1.82) is 0 Å². The summed E-state index contributed by atoms with van der Waals surface area (Å²) in [6.07, 6.45) is 4.43. The van der Waals surface area contributed by atoms with Gasteiger partial charge in [-0.25, -0.2) is 4.98 Å². The fourth-order valence-electron chi connectivity index (χ4n) is 1.64. The Morgan fingerprint density at radius 3 is 2.94 bits per heavy atom. The second-order valence-electron chi connectivity index (χ2n) is 3.94. The van der Waals surface area contributed by atoms with Crippen LogP contribution in [0, 0.1) is 0 Å². The minimum absolute atomic E-state index is 0.0254. The summed E-state index contributed by atoms with van der Waals surface area (Å²) in [4.78, 5) is 18.6. The van der Waals surface area contributed by atoms with Crippen LogP contribution in [0.4, 0.5) is 0 Å². The molecule has 1 aromatic heterocycles. The Hall–Kier alpha value is -1.81. The van der Waals surface area contributed by atoms with Gasteiger partial charge in [0.25, 0.3) is 0 Å². The van der Waals surface area contributed by atoms with E-state index in [1.54, 1.807) is 18.6 Å². The molecule has 0 bridgehead atoms. The molecule has 2 N–H and O–H groups in total. The largest absolute Gasteiger partial charge is 0.355 e. The van der Waals surface area contributed by atoms with Crippen molar-refractivity contribution in [2.24, 2.45) is 0 Å². The number of hydrogen-bond donors (Lipinski definition) is 2. The van der Waals surface area contributed by atoms with Gasteiger partial charge in [0, 0.05) is 29.9 Å². The summed E-state index contributed by atoms with van der Waals surface area (Å²) < 4.78 is 0. The number of aromatic nitrogens is 2. The van der Waals surface area contributed by atoms with Crippen LogP contribution in [0.3, 0.4) is 0 Å². The molecule has 2 aromatic rings. The van der Waals surface area contributed by atoms with E-state index >= 15 is 0 Å². The Balaban J connectivity index is 1.77. The van der Waals surface area contributed by atoms with Crippen LogP contribution >= 0.6 is 11.6 Å². The number of halogens is 1. The first kappa shape index (κ1) is 12.6. The zero-order valence-electron chi connectivity index (χ0n) is 9.82. The predicted molar refractivity (Wildman–Crippen MR) is 70.5 cm³/mol. The van der Waals surface area contributed by atoms with Crippen LogP contribution in [0.1, 0.15) is 11.3 Å². The van der Waals surface area contributed by atoms with Crippen LogP contribution in [0.2, 0.25) is 5.02 Å². The lowest BCUT2D eigenvalue weighted by atomic mass is 10.1. The van der Waals surface area contributed by atoms with Crippen LogP contribution in [0.5, 0.6) is 0 Å². The number of benzene rings is 1. The number of carbonyl (C=O) groups is 1. The third kappa shape index (κ3) is 3.60. The zero-order valence-corrected chi connectivity index (χ0v) is 10.6. The van der Waals surface area contributed by atoms with E-state index < -0.39 is 0 Å². The molecular weight excluding hydrogens is 250 g/mol. The highest BCUT2D eigenvalue weighted by molar-refractivity contribution is 6.31. The molecule has 0 radical (unpaired) electrons. The Morgan fingerprint density at radius 2 is 2.22 bits per heavy atom. The molecule has 1 heterocycles. The number of rotatable bonds is 5. The normalized spacial score (nSPS) is 10.3. The number of carbonyl (C=O) groups excluding carboxylic acids is 1. The summed E-state index contributed by atoms with van der Waals surface area (Å²) in [6, 6.07) is 7.37. The highest BCUT2D eigenvalue weighted by Gasteiger charge is 2.06. The van der Waals surface area contributed by atoms with Crippen LogP contribution < -0.4 is 5.32 Å². The highest BCUT2D eigenvalue weighted by atomic mass is 35.5. The first-order chi connectivity index (χ1) is 8.75. The first-order valence-electron chi connectivity index (χ1n) is 5.73. The van der Waals surface area contributed by atoms with Gasteiger partial charge < -0.3 is 10.3 Å². The molecule has 0 unspecified atom stereocenters. The summed E-state index contributed by atoms with van der Waals surface area (Å²) in [6.45, 7) is 0.589. The Bertz CT molecular complexity index is 511. The van der Waals surface area contributed by atoms with E-state index in [1.165, 1.54) is 0 Å². The van der Waals surface area contributed by atoms with Gasteiger partial charge in [-0.3, -0.25) is 4.79 Å². The van der Waals surface area contributed by atoms with E-state index in [-0.39, 0.29) is 5.91 Å². The van der Waals surface area contributed by atoms with E-state index in [2.05, 4.69) is 15.3 Å². The summed E-state index contributed by atoms with van der Waals surface area (Å²) in [5, 5.41) is 3.48. The third-order valence-corrected chi connectivity index (χ3v) is 2.95. The molecule has 0 saturated carbocycles. The average molecular weight is 264 g/mol. The maximum absolute atomic E-state index is 11.7. The molecule has 1 amide bonds. The smallest absolute Gasteiger partial charge is 0.224 e. The van der Waals surface area contributed by atoms with Crippen LogP contribution in [0.15, 0.2) is 36.8 Å². The van der Waals surface area contributed by atoms with E-state index in [0.29, 0.717) is 18.0 Å². The lowest BCUT2D eigenvalue weighted by molar-refractivity contribution is -0.120. The minimum atomic E-state index is -0.0254. The monoisotopic (exact) mass is 263 g/mol. The van der Waals surface area contributed by atoms with Crippen molar-refractivity contribution < 1.29 is 4.79 Å². The fourth-order valence-corrected chi connectivity index (χ4v) is 1.84. The average Bonchev–Trinajstić information content (AvgIpc) is 2.85. The predicted octanol–water partition coefficient (Wildman–Crippen LogP) is 1.96. The van der Waals surface area contributed by atoms with Crippen LogP contribution in [0.25, 0.3) is 0 Å². The third-order valence-electron chi connectivity index (χ3n) is 2.58. The van der Waals surface area contributed by atoms with Crippen LogP contribution in [-0.4, -0.2) is 22.4 Å². The molecule has 0 aliphatic heterocycles. The van der Waals surface area contributed by atoms with Gasteiger partial charge in [0.1, 0.15) is 0 Å². The van der Waals surface area contributed by atoms with Gasteiger partial charge in [0.05, 0.1) is 12.7 Å². The number of nitrogens with one attached hydrogen (secondary N) is 2. The molecule has 5 heteroatoms. The molecular formula is C13H14ClN3O. The van der Waals surface area contributed by atoms with Gasteiger partial charge in [-0.05, 0) is 11.6 Å². The van der Waals surface area contributed by atoms with Crippen molar-refractivity contribution >= 4 is 17.5 Å². The molecule has 0 saturated heterocycles. The number of imidazole rings is 1. The van der Waals surface area contributed by atoms with Crippen molar-refractivity contribution in [3.8, 4) is 0 Å². The van der Waals surface area contributed by atoms with E-state index in [9.17, 15) is 4.79 Å². The lowest BCUT2D eigenvalue weighted by Crippen LogP contribution is -2.27. The maximum atomic E-state index is 11.7. The molecule has 0 spiro atoms. The highest BCUT2D eigenvalue weighted by Crippen LogP contribution is 2.15. The van der Waals surface area contributed by atoms with Crippen molar-refractivity contribution in [2.75, 3.05) is 6.54 Å². The lowest BCUT2D eigenvalue weighted by Gasteiger charge is -2.05. The second kappa shape index (κ2) is 6.21. The van der Waals surface area contributed by atoms with Gasteiger partial charge in [0.15, 0.2) is 0 Å². The molecule has 94 valence electrons. The number of nitrogens with zero attached hydrogens (tertiary/aromatic N) is 1. The summed E-state index contributed by atoms with van der Waals surface area (Å²) in [5.74, 6) is -0.0254. The molecule has 0 atom stereocenters. The van der Waals surface area contributed by atoms with E-state index in [0.717, 1.165) is 17.7 Å². The Labute approximate surface area is 110 Å². The van der Waals surface area contributed by atoms with Gasteiger partial charge >= 0.3 is 0 Å². The second-order valence-corrected chi connectivity index (χ2v) is 4.35. The SMILES string of the molecule is O=C(Cc1ccccc1Cl)NCCc1cnc[nH]1. The number of H-pyrrole nitrogens is 1. The summed E-state index contributed by atoms with van der Waals surface area (Å²) in [5.41, 5.74) is 1.85. The molecule has 4 nitrogen and oxygen atoms in total. The molecule has 2 rings (SSSR count). The molecule has 0 aliphatic carbocycles. The minimum Gasteiger partial charge on any atom is -0.355 e. The first-order valence-corrected chi connectivity index (χ1v) is 6.11. The van der Waals surface area contributed by atoms with Gasteiger partial charge in [-0.2, -0.15) is 0 Å². The van der Waals surface area contributed by atoms with Gasteiger partial charge in [-0.1, -0.05) is 29.8 Å². The Kier molecular flexibility index (Phi) is 4.36. The van der Waals surface area contributed by atoms with Crippen molar-refractivity contribution in [3.05, 3.63) is 53.1 Å². The Morgan fingerprint density at radius 1 is 1.39 bits per heavy atom. The zero-order chi connectivity index (χ0) is 12.8. The number of aromatic amines is 1. The molecule has 0 aliphatic rings. The van der Waals surface area contributed by atoms with Crippen molar-refractivity contribution in [2.45, 2.75) is 12.8 Å². The van der Waals surface area contributed by atoms with Crippen molar-refractivity contribution in [1.82, 2.24) is 15.3 Å². The van der Waals surface area contributed by atoms with E-state index in [1.807, 2.05) is 18.2 Å². The molecule has 18 heavy (non-hydrogen) atoms. The standard InChI is InChI=1S/C13H14ClN3O/c14-12-4-2-1-3-10(12)7-13(18)16-6-5-11-8-15-9-17-11/h1-4,8-9H,5-7H2,(H,15,17)(H,16,18). The van der Waals surface area contributed by atoms with E-state index in [4.69, 9.17) is 11.6 Å². The van der Waals surface area contributed by atoms with Gasteiger partial charge in [-0.15, -0.1) is 0 Å². The molecule has 1 aromatic carbocycles. The molecule has 0 fully saturated rings. The number of amides is 1. The number of hydrogen-bond acceptors (Lipinski definition) is 2. The van der Waals surface area contributed by atoms with Crippen molar-refractivity contribution in [3.63, 3.8) is 0 Å². The quantitative estimate of drug-likeness (QED) is 0.866. The fraction of sp³-hybridized carbons (Fsp3) is 0.231. The summed E-state index contributed by atoms with van der Waals surface area (Å²) >= 11 is 5.99. The van der Waals surface area contributed by atoms with Gasteiger partial charge in [0.2, 0.25) is 5.91 Å². The topological polar surface area (TPSA) is 57.8 Å².